The van der Waals surface area contributed by atoms with Gasteiger partial charge in [-0.25, -0.2) is 8.78 Å². The van der Waals surface area contributed by atoms with Crippen LogP contribution in [0.4, 0.5) is 8.78 Å². The Morgan fingerprint density at radius 2 is 2.36 bits per heavy atom. The number of halogens is 2. The van der Waals surface area contributed by atoms with Gasteiger partial charge in [-0.15, -0.1) is 6.58 Å². The highest BCUT2D eigenvalue weighted by Gasteiger charge is 2.42. The van der Waals surface area contributed by atoms with Crippen LogP contribution in [0.5, 0.6) is 0 Å². The molecule has 11 heavy (non-hydrogen) atoms. The van der Waals surface area contributed by atoms with E-state index >= 15 is 0 Å². The molecule has 1 nitrogen and oxygen atoms in total. The van der Waals surface area contributed by atoms with Crippen molar-refractivity contribution < 1.29 is 8.78 Å². The van der Waals surface area contributed by atoms with Crippen molar-refractivity contribution in [3.8, 4) is 0 Å². The third kappa shape index (κ3) is 1.99. The highest BCUT2D eigenvalue weighted by atomic mass is 19.3. The van der Waals surface area contributed by atoms with Crippen molar-refractivity contribution in [1.82, 2.24) is 5.32 Å². The Balaban J connectivity index is 2.38. The highest BCUT2D eigenvalue weighted by Crippen LogP contribution is 2.34. The van der Waals surface area contributed by atoms with Crippen LogP contribution < -0.4 is 5.32 Å². The van der Waals surface area contributed by atoms with Crippen LogP contribution in [0.15, 0.2) is 12.7 Å². The molecule has 0 aromatic heterocycles. The highest BCUT2D eigenvalue weighted by molar-refractivity contribution is 4.91. The smallest absolute Gasteiger partial charge is 0.263 e. The van der Waals surface area contributed by atoms with E-state index in [4.69, 9.17) is 0 Å². The van der Waals surface area contributed by atoms with Crippen molar-refractivity contribution in [3.63, 3.8) is 0 Å². The molecule has 0 aliphatic heterocycles. The first-order chi connectivity index (χ1) is 5.17. The van der Waals surface area contributed by atoms with E-state index in [1.165, 1.54) is 0 Å². The molecular formula is C8H13F2N. The van der Waals surface area contributed by atoms with E-state index in [2.05, 4.69) is 11.9 Å². The standard InChI is InChI=1S/C8H13F2N/c1-2-6-11-7-4-3-5-8(7,9)10/h2,7,11H,1,3-6H2. The third-order valence-electron chi connectivity index (χ3n) is 2.02. The van der Waals surface area contributed by atoms with E-state index in [1.807, 2.05) is 0 Å². The Morgan fingerprint density at radius 1 is 1.64 bits per heavy atom. The van der Waals surface area contributed by atoms with Gasteiger partial charge in [0, 0.05) is 13.0 Å². The van der Waals surface area contributed by atoms with Gasteiger partial charge in [-0.3, -0.25) is 0 Å². The quantitative estimate of drug-likeness (QED) is 0.624. The Hall–Kier alpha value is -0.440. The van der Waals surface area contributed by atoms with Crippen LogP contribution in [0.25, 0.3) is 0 Å². The number of nitrogens with one attached hydrogen (secondary N) is 1. The fraction of sp³-hybridized carbons (Fsp3) is 0.750. The summed E-state index contributed by atoms with van der Waals surface area (Å²) in [7, 11) is 0. The van der Waals surface area contributed by atoms with Crippen LogP contribution in [-0.4, -0.2) is 18.5 Å². The van der Waals surface area contributed by atoms with Gasteiger partial charge in [-0.05, 0) is 12.8 Å². The van der Waals surface area contributed by atoms with Crippen molar-refractivity contribution in [3.05, 3.63) is 12.7 Å². The summed E-state index contributed by atoms with van der Waals surface area (Å²) in [6.45, 7) is 3.93. The molecule has 0 amide bonds. The number of hydrogen-bond acceptors (Lipinski definition) is 1. The van der Waals surface area contributed by atoms with E-state index < -0.39 is 12.0 Å². The van der Waals surface area contributed by atoms with E-state index in [0.717, 1.165) is 0 Å². The molecule has 1 aliphatic rings. The minimum absolute atomic E-state index is 0.0296. The molecule has 0 spiro atoms. The lowest BCUT2D eigenvalue weighted by atomic mass is 10.2. The fourth-order valence-corrected chi connectivity index (χ4v) is 1.40. The molecule has 1 aliphatic carbocycles. The zero-order valence-corrected chi connectivity index (χ0v) is 6.45. The van der Waals surface area contributed by atoms with Crippen LogP contribution in [0, 0.1) is 0 Å². The molecule has 0 aromatic carbocycles. The van der Waals surface area contributed by atoms with Crippen LogP contribution in [0.3, 0.4) is 0 Å². The van der Waals surface area contributed by atoms with Crippen molar-refractivity contribution in [1.29, 1.82) is 0 Å². The first kappa shape index (κ1) is 8.65. The Kier molecular flexibility index (Phi) is 2.60. The van der Waals surface area contributed by atoms with Gasteiger partial charge in [-0.2, -0.15) is 0 Å². The minimum Gasteiger partial charge on any atom is -0.305 e. The maximum atomic E-state index is 12.8. The second-order valence-electron chi connectivity index (χ2n) is 2.90. The summed E-state index contributed by atoms with van der Waals surface area (Å²) in [6, 6.07) is -0.625. The van der Waals surface area contributed by atoms with E-state index in [9.17, 15) is 8.78 Å². The molecule has 1 saturated carbocycles. The predicted octanol–water partition coefficient (Wildman–Crippen LogP) is 1.95. The third-order valence-corrected chi connectivity index (χ3v) is 2.02. The second kappa shape index (κ2) is 3.30. The van der Waals surface area contributed by atoms with E-state index in [0.29, 0.717) is 19.4 Å². The molecule has 0 aromatic rings. The molecular weight excluding hydrogens is 148 g/mol. The molecule has 1 N–H and O–H groups in total. The molecule has 1 unspecified atom stereocenters. The van der Waals surface area contributed by atoms with Gasteiger partial charge in [0.15, 0.2) is 0 Å². The van der Waals surface area contributed by atoms with Crippen molar-refractivity contribution in [2.45, 2.75) is 31.2 Å². The summed E-state index contributed by atoms with van der Waals surface area (Å²) in [5, 5.41) is 2.75. The number of rotatable bonds is 3. The lowest BCUT2D eigenvalue weighted by molar-refractivity contribution is -0.0167. The number of hydrogen-bond donors (Lipinski definition) is 1. The average molecular weight is 161 g/mol. The topological polar surface area (TPSA) is 12.0 Å². The van der Waals surface area contributed by atoms with E-state index in [1.54, 1.807) is 6.08 Å². The van der Waals surface area contributed by atoms with Gasteiger partial charge in [0.05, 0.1) is 6.04 Å². The normalized spacial score (nSPS) is 28.7. The molecule has 64 valence electrons. The SMILES string of the molecule is C=CCNC1CCCC1(F)F. The minimum atomic E-state index is -2.50. The summed E-state index contributed by atoms with van der Waals surface area (Å²) in [4.78, 5) is 0. The molecule has 3 heteroatoms. The van der Waals surface area contributed by atoms with Gasteiger partial charge < -0.3 is 5.32 Å². The predicted molar refractivity (Wildman–Crippen MR) is 40.8 cm³/mol. The van der Waals surface area contributed by atoms with Crippen LogP contribution in [0.1, 0.15) is 19.3 Å². The molecule has 1 fully saturated rings. The number of alkyl halides is 2. The summed E-state index contributed by atoms with van der Waals surface area (Å²) in [5.74, 6) is -2.50. The van der Waals surface area contributed by atoms with Crippen molar-refractivity contribution >= 4 is 0 Å². The fourth-order valence-electron chi connectivity index (χ4n) is 1.40. The summed E-state index contributed by atoms with van der Waals surface area (Å²) in [6.07, 6.45) is 2.85. The second-order valence-corrected chi connectivity index (χ2v) is 2.90. The zero-order valence-electron chi connectivity index (χ0n) is 6.45. The summed E-state index contributed by atoms with van der Waals surface area (Å²) < 4.78 is 25.7. The largest absolute Gasteiger partial charge is 0.305 e. The first-order valence-electron chi connectivity index (χ1n) is 3.89. The van der Waals surface area contributed by atoms with Gasteiger partial charge in [0.2, 0.25) is 0 Å². The van der Waals surface area contributed by atoms with Crippen LogP contribution in [0.2, 0.25) is 0 Å². The summed E-state index contributed by atoms with van der Waals surface area (Å²) >= 11 is 0. The first-order valence-corrected chi connectivity index (χ1v) is 3.89. The maximum absolute atomic E-state index is 12.8. The average Bonchev–Trinajstić information content (AvgIpc) is 2.25. The monoisotopic (exact) mass is 161 g/mol. The molecule has 0 heterocycles. The lowest BCUT2D eigenvalue weighted by Crippen LogP contribution is -2.40. The van der Waals surface area contributed by atoms with Gasteiger partial charge in [-0.1, -0.05) is 6.08 Å². The van der Waals surface area contributed by atoms with Crippen molar-refractivity contribution in [2.24, 2.45) is 0 Å². The van der Waals surface area contributed by atoms with Gasteiger partial charge >= 0.3 is 0 Å². The zero-order chi connectivity index (χ0) is 8.32. The van der Waals surface area contributed by atoms with Crippen LogP contribution in [-0.2, 0) is 0 Å². The molecule has 0 bridgehead atoms. The van der Waals surface area contributed by atoms with Crippen LogP contribution >= 0.6 is 0 Å². The summed E-state index contributed by atoms with van der Waals surface area (Å²) in [5.41, 5.74) is 0. The maximum Gasteiger partial charge on any atom is 0.263 e. The Morgan fingerprint density at radius 3 is 2.82 bits per heavy atom. The van der Waals surface area contributed by atoms with E-state index in [-0.39, 0.29) is 6.42 Å². The molecule has 0 saturated heterocycles. The van der Waals surface area contributed by atoms with Gasteiger partial charge in [0.25, 0.3) is 5.92 Å². The molecule has 0 radical (unpaired) electrons. The van der Waals surface area contributed by atoms with Gasteiger partial charge in [0.1, 0.15) is 0 Å². The lowest BCUT2D eigenvalue weighted by Gasteiger charge is -2.19. The molecule has 1 atom stereocenters. The van der Waals surface area contributed by atoms with Crippen molar-refractivity contribution in [2.75, 3.05) is 6.54 Å². The Labute approximate surface area is 65.5 Å². The Bertz CT molecular complexity index is 145. The molecule has 1 rings (SSSR count).